The van der Waals surface area contributed by atoms with E-state index in [1.807, 2.05) is 36.4 Å². The summed E-state index contributed by atoms with van der Waals surface area (Å²) in [5, 5.41) is 10.8. The fourth-order valence-corrected chi connectivity index (χ4v) is 3.69. The lowest BCUT2D eigenvalue weighted by Gasteiger charge is -2.30. The Labute approximate surface area is 191 Å². The molecule has 0 saturated carbocycles. The molecule has 0 spiro atoms. The molecule has 0 radical (unpaired) electrons. The van der Waals surface area contributed by atoms with E-state index >= 15 is 0 Å². The number of anilines is 1. The molecule has 4 rings (SSSR count). The molecule has 33 heavy (non-hydrogen) atoms. The third-order valence-electron chi connectivity index (χ3n) is 5.25. The quantitative estimate of drug-likeness (QED) is 0.367. The fourth-order valence-electron chi connectivity index (χ4n) is 3.69. The Bertz CT molecular complexity index is 1230. The van der Waals surface area contributed by atoms with Crippen molar-refractivity contribution in [3.8, 4) is 17.2 Å². The van der Waals surface area contributed by atoms with Crippen LogP contribution in [0.2, 0.25) is 0 Å². The van der Waals surface area contributed by atoms with E-state index in [1.54, 1.807) is 62.9 Å². The predicted molar refractivity (Wildman–Crippen MR) is 126 cm³/mol. The summed E-state index contributed by atoms with van der Waals surface area (Å²) in [6.07, 6.45) is 0.0290. The molecular formula is C26H24N2O5. The summed E-state index contributed by atoms with van der Waals surface area (Å²) >= 11 is 0. The lowest BCUT2D eigenvalue weighted by molar-refractivity contribution is 0.163. The fraction of sp³-hybridized carbons (Fsp3) is 0.154. The number of aromatic nitrogens is 1. The predicted octanol–water partition coefficient (Wildman–Crippen LogP) is 5.38. The van der Waals surface area contributed by atoms with Gasteiger partial charge in [-0.3, -0.25) is 4.98 Å². The first-order valence-electron chi connectivity index (χ1n) is 10.4. The van der Waals surface area contributed by atoms with E-state index < -0.39 is 12.3 Å². The third kappa shape index (κ3) is 4.82. The van der Waals surface area contributed by atoms with Crippen LogP contribution < -0.4 is 19.1 Å². The Morgan fingerprint density at radius 2 is 1.55 bits per heavy atom. The van der Waals surface area contributed by atoms with Crippen molar-refractivity contribution in [2.24, 2.45) is 0 Å². The molecule has 1 heterocycles. The average Bonchev–Trinajstić information content (AvgIpc) is 2.84. The van der Waals surface area contributed by atoms with Gasteiger partial charge in [-0.25, -0.2) is 9.69 Å². The lowest BCUT2D eigenvalue weighted by Crippen LogP contribution is -2.44. The molecule has 0 fully saturated rings. The van der Waals surface area contributed by atoms with Gasteiger partial charge in [0.1, 0.15) is 5.75 Å². The van der Waals surface area contributed by atoms with Gasteiger partial charge in [-0.05, 0) is 29.8 Å². The molecular weight excluding hydrogens is 420 g/mol. The van der Waals surface area contributed by atoms with Crippen molar-refractivity contribution < 1.29 is 24.1 Å². The molecule has 1 aromatic heterocycles. The maximum Gasteiger partial charge on any atom is 0.414 e. The molecule has 0 bridgehead atoms. The Kier molecular flexibility index (Phi) is 6.59. The molecule has 0 aliphatic heterocycles. The summed E-state index contributed by atoms with van der Waals surface area (Å²) in [5.74, 6) is 1.57. The second-order valence-corrected chi connectivity index (χ2v) is 7.28. The van der Waals surface area contributed by atoms with Crippen molar-refractivity contribution in [2.45, 2.75) is 12.6 Å². The van der Waals surface area contributed by atoms with Crippen molar-refractivity contribution in [3.63, 3.8) is 0 Å². The van der Waals surface area contributed by atoms with Crippen LogP contribution in [0.3, 0.4) is 0 Å². The molecule has 0 saturated heterocycles. The van der Waals surface area contributed by atoms with Crippen LogP contribution in [0, 0.1) is 0 Å². The molecule has 1 amide bonds. The van der Waals surface area contributed by atoms with Gasteiger partial charge in [-0.1, -0.05) is 48.5 Å². The van der Waals surface area contributed by atoms with E-state index in [9.17, 15) is 9.90 Å². The van der Waals surface area contributed by atoms with Gasteiger partial charge >= 0.3 is 6.09 Å². The summed E-state index contributed by atoms with van der Waals surface area (Å²) in [6, 6.07) is 23.8. The molecule has 7 heteroatoms. The van der Waals surface area contributed by atoms with Crippen LogP contribution in [0.1, 0.15) is 5.56 Å². The summed E-state index contributed by atoms with van der Waals surface area (Å²) in [5.41, 5.74) is 2.11. The Balaban J connectivity index is 1.79. The number of fused-ring (bicyclic) bond motifs is 1. The zero-order chi connectivity index (χ0) is 23.2. The maximum absolute atomic E-state index is 12.4. The molecule has 7 nitrogen and oxygen atoms in total. The minimum atomic E-state index is -1.11. The van der Waals surface area contributed by atoms with Crippen LogP contribution in [0.15, 0.2) is 85.1 Å². The Morgan fingerprint density at radius 3 is 2.18 bits per heavy atom. The topological polar surface area (TPSA) is 81.1 Å². The first-order chi connectivity index (χ1) is 16.1. The first-order valence-corrected chi connectivity index (χ1v) is 10.4. The standard InChI is InChI=1S/C26H24N2O5/c1-31-23-16-20-21(17-24(23)32-2)27-14-13-22(20)33-25(15-18-9-5-3-6-10-18)28(26(29)30)19-11-7-4-8-12-19/h3-14,16-17,25H,15H2,1-2H3,(H,29,30). The summed E-state index contributed by atoms with van der Waals surface area (Å²) in [7, 11) is 3.12. The van der Waals surface area contributed by atoms with Crippen molar-refractivity contribution >= 4 is 22.7 Å². The van der Waals surface area contributed by atoms with E-state index in [1.165, 1.54) is 4.90 Å². The number of pyridine rings is 1. The molecule has 3 aromatic carbocycles. The van der Waals surface area contributed by atoms with Gasteiger partial charge in [-0.2, -0.15) is 0 Å². The van der Waals surface area contributed by atoms with Crippen molar-refractivity contribution in [1.82, 2.24) is 4.98 Å². The van der Waals surface area contributed by atoms with E-state index in [2.05, 4.69) is 4.98 Å². The summed E-state index contributed by atoms with van der Waals surface area (Å²) < 4.78 is 17.2. The monoisotopic (exact) mass is 444 g/mol. The second-order valence-electron chi connectivity index (χ2n) is 7.28. The summed E-state index contributed by atoms with van der Waals surface area (Å²) in [6.45, 7) is 0. The average molecular weight is 444 g/mol. The largest absolute Gasteiger partial charge is 0.493 e. The van der Waals surface area contributed by atoms with Gasteiger partial charge in [0, 0.05) is 24.1 Å². The number of benzene rings is 3. The van der Waals surface area contributed by atoms with E-state index in [0.29, 0.717) is 40.3 Å². The number of carbonyl (C=O) groups is 1. The number of methoxy groups -OCH3 is 2. The van der Waals surface area contributed by atoms with Crippen LogP contribution in [0.4, 0.5) is 10.5 Å². The molecule has 1 unspecified atom stereocenters. The molecule has 1 N–H and O–H groups in total. The minimum absolute atomic E-state index is 0.346. The summed E-state index contributed by atoms with van der Waals surface area (Å²) in [4.78, 5) is 18.0. The van der Waals surface area contributed by atoms with Crippen LogP contribution in [-0.2, 0) is 6.42 Å². The normalized spacial score (nSPS) is 11.6. The van der Waals surface area contributed by atoms with Gasteiger partial charge in [0.2, 0.25) is 0 Å². The highest BCUT2D eigenvalue weighted by atomic mass is 16.5. The SMILES string of the molecule is COc1cc2nccc(OC(Cc3ccccc3)N(C(=O)O)c3ccccc3)c2cc1OC. The number of rotatable bonds is 8. The van der Waals surface area contributed by atoms with Crippen molar-refractivity contribution in [1.29, 1.82) is 0 Å². The number of nitrogens with zero attached hydrogens (tertiary/aromatic N) is 2. The highest BCUT2D eigenvalue weighted by Gasteiger charge is 2.28. The van der Waals surface area contributed by atoms with Crippen LogP contribution in [-0.4, -0.2) is 36.6 Å². The Morgan fingerprint density at radius 1 is 0.909 bits per heavy atom. The van der Waals surface area contributed by atoms with Crippen molar-refractivity contribution in [2.75, 3.05) is 19.1 Å². The number of amides is 1. The van der Waals surface area contributed by atoms with Crippen molar-refractivity contribution in [3.05, 3.63) is 90.6 Å². The number of ether oxygens (including phenoxy) is 3. The third-order valence-corrected chi connectivity index (χ3v) is 5.25. The molecule has 0 aliphatic rings. The van der Waals surface area contributed by atoms with Crippen LogP contribution in [0.25, 0.3) is 10.9 Å². The number of para-hydroxylation sites is 1. The van der Waals surface area contributed by atoms with E-state index in [-0.39, 0.29) is 0 Å². The zero-order valence-corrected chi connectivity index (χ0v) is 18.3. The first kappa shape index (κ1) is 22.0. The molecule has 4 aromatic rings. The smallest absolute Gasteiger partial charge is 0.414 e. The minimum Gasteiger partial charge on any atom is -0.493 e. The maximum atomic E-state index is 12.4. The highest BCUT2D eigenvalue weighted by molar-refractivity contribution is 5.89. The number of carboxylic acid groups (broad SMARTS) is 1. The van der Waals surface area contributed by atoms with E-state index in [4.69, 9.17) is 14.2 Å². The second kappa shape index (κ2) is 9.91. The van der Waals surface area contributed by atoms with Crippen LogP contribution in [0.5, 0.6) is 17.2 Å². The highest BCUT2D eigenvalue weighted by Crippen LogP contribution is 2.36. The number of hydrogen-bond donors (Lipinski definition) is 1. The van der Waals surface area contributed by atoms with E-state index in [0.717, 1.165) is 5.56 Å². The number of hydrogen-bond acceptors (Lipinski definition) is 5. The van der Waals surface area contributed by atoms with Crippen LogP contribution >= 0.6 is 0 Å². The zero-order valence-electron chi connectivity index (χ0n) is 18.3. The molecule has 0 aliphatic carbocycles. The van der Waals surface area contributed by atoms with Gasteiger partial charge in [0.05, 0.1) is 25.4 Å². The van der Waals surface area contributed by atoms with Gasteiger partial charge in [0.25, 0.3) is 0 Å². The van der Waals surface area contributed by atoms with Gasteiger partial charge < -0.3 is 19.3 Å². The molecule has 1 atom stereocenters. The lowest BCUT2D eigenvalue weighted by atomic mass is 10.1. The van der Waals surface area contributed by atoms with Gasteiger partial charge in [0.15, 0.2) is 17.7 Å². The Hall–Kier alpha value is -4.26. The van der Waals surface area contributed by atoms with Gasteiger partial charge in [-0.15, -0.1) is 0 Å². The molecule has 168 valence electrons.